The van der Waals surface area contributed by atoms with Crippen molar-refractivity contribution >= 4 is 0 Å². The van der Waals surface area contributed by atoms with Gasteiger partial charge in [-0.3, -0.25) is 4.90 Å². The molecule has 0 bridgehead atoms. The van der Waals surface area contributed by atoms with E-state index in [9.17, 15) is 0 Å². The van der Waals surface area contributed by atoms with E-state index in [1.54, 1.807) is 0 Å². The Hall–Kier alpha value is -0.940. The molecule has 0 aromatic carbocycles. The van der Waals surface area contributed by atoms with Gasteiger partial charge in [0.15, 0.2) is 5.82 Å². The van der Waals surface area contributed by atoms with E-state index in [-0.39, 0.29) is 6.04 Å². The van der Waals surface area contributed by atoms with Gasteiger partial charge in [-0.25, -0.2) is 0 Å². The first-order chi connectivity index (χ1) is 10.1. The molecule has 0 radical (unpaired) electrons. The van der Waals surface area contributed by atoms with Gasteiger partial charge in [-0.2, -0.15) is 4.98 Å². The van der Waals surface area contributed by atoms with Crippen LogP contribution in [0.2, 0.25) is 0 Å². The number of hydrogen-bond donors (Lipinski definition) is 0. The van der Waals surface area contributed by atoms with Crippen LogP contribution < -0.4 is 0 Å². The topological polar surface area (TPSA) is 45.4 Å². The Balaban J connectivity index is 1.48. The van der Waals surface area contributed by atoms with E-state index in [0.29, 0.717) is 5.92 Å². The third kappa shape index (κ3) is 3.83. The Kier molecular flexibility index (Phi) is 4.60. The molecule has 1 aromatic heterocycles. The van der Waals surface area contributed by atoms with E-state index in [2.05, 4.69) is 41.0 Å². The lowest BCUT2D eigenvalue weighted by atomic mass is 9.92. The van der Waals surface area contributed by atoms with Crippen LogP contribution >= 0.6 is 0 Å². The molecule has 1 atom stereocenters. The maximum absolute atomic E-state index is 5.48. The number of aromatic nitrogens is 2. The second kappa shape index (κ2) is 6.44. The molecule has 21 heavy (non-hydrogen) atoms. The molecule has 2 heterocycles. The van der Waals surface area contributed by atoms with Crippen molar-refractivity contribution in [3.8, 4) is 0 Å². The molecule has 118 valence electrons. The zero-order chi connectivity index (χ0) is 14.8. The Morgan fingerprint density at radius 1 is 1.24 bits per heavy atom. The van der Waals surface area contributed by atoms with Crippen LogP contribution in [0.3, 0.4) is 0 Å². The van der Waals surface area contributed by atoms with E-state index in [4.69, 9.17) is 4.52 Å². The van der Waals surface area contributed by atoms with Gasteiger partial charge < -0.3 is 9.42 Å². The molecule has 5 nitrogen and oxygen atoms in total. The maximum atomic E-state index is 5.48. The third-order valence-electron chi connectivity index (χ3n) is 4.94. The lowest BCUT2D eigenvalue weighted by Gasteiger charge is -2.34. The minimum absolute atomic E-state index is 0.264. The van der Waals surface area contributed by atoms with Crippen LogP contribution in [-0.2, 0) is 0 Å². The van der Waals surface area contributed by atoms with Gasteiger partial charge in [-0.05, 0) is 78.7 Å². The minimum atomic E-state index is 0.264. The SMILES string of the molecule is CC(c1nc(C2CC2)no1)N1CCC(CCN(C)C)CC1. The molecular formula is C16H28N4O. The van der Waals surface area contributed by atoms with Gasteiger partial charge in [0, 0.05) is 5.92 Å². The largest absolute Gasteiger partial charge is 0.338 e. The number of nitrogens with zero attached hydrogens (tertiary/aromatic N) is 4. The van der Waals surface area contributed by atoms with E-state index in [0.717, 1.165) is 30.7 Å². The van der Waals surface area contributed by atoms with Crippen LogP contribution in [0.25, 0.3) is 0 Å². The molecule has 1 unspecified atom stereocenters. The predicted molar refractivity (Wildman–Crippen MR) is 82.2 cm³/mol. The van der Waals surface area contributed by atoms with E-state index >= 15 is 0 Å². The molecular weight excluding hydrogens is 264 g/mol. The van der Waals surface area contributed by atoms with Crippen molar-refractivity contribution in [2.45, 2.75) is 51.0 Å². The zero-order valence-electron chi connectivity index (χ0n) is 13.6. The van der Waals surface area contributed by atoms with Crippen molar-refractivity contribution in [3.63, 3.8) is 0 Å². The van der Waals surface area contributed by atoms with Crippen molar-refractivity contribution in [3.05, 3.63) is 11.7 Å². The molecule has 0 N–H and O–H groups in total. The van der Waals surface area contributed by atoms with Gasteiger partial charge in [0.25, 0.3) is 0 Å². The standard InChI is InChI=1S/C16H28N4O/c1-12(16-17-15(18-21-16)14-4-5-14)20-10-7-13(8-11-20)6-9-19(2)3/h12-14H,4-11H2,1-3H3. The summed E-state index contributed by atoms with van der Waals surface area (Å²) in [5, 5.41) is 4.14. The van der Waals surface area contributed by atoms with Gasteiger partial charge in [0.2, 0.25) is 5.89 Å². The summed E-state index contributed by atoms with van der Waals surface area (Å²) >= 11 is 0. The fourth-order valence-electron chi connectivity index (χ4n) is 3.15. The minimum Gasteiger partial charge on any atom is -0.338 e. The summed E-state index contributed by atoms with van der Waals surface area (Å²) in [6.45, 7) is 5.71. The summed E-state index contributed by atoms with van der Waals surface area (Å²) in [5.74, 6) is 3.19. The second-order valence-electron chi connectivity index (χ2n) is 7.01. The summed E-state index contributed by atoms with van der Waals surface area (Å²) in [5.41, 5.74) is 0. The lowest BCUT2D eigenvalue weighted by molar-refractivity contribution is 0.114. The van der Waals surface area contributed by atoms with Gasteiger partial charge in [0.05, 0.1) is 6.04 Å². The Labute approximate surface area is 127 Å². The Morgan fingerprint density at radius 2 is 1.95 bits per heavy atom. The van der Waals surface area contributed by atoms with Crippen LogP contribution in [0.5, 0.6) is 0 Å². The molecule has 0 spiro atoms. The molecule has 1 saturated heterocycles. The molecule has 1 aliphatic heterocycles. The van der Waals surface area contributed by atoms with Crippen LogP contribution in [0.1, 0.15) is 62.7 Å². The van der Waals surface area contributed by atoms with Gasteiger partial charge in [-0.15, -0.1) is 0 Å². The van der Waals surface area contributed by atoms with Crippen molar-refractivity contribution in [2.75, 3.05) is 33.7 Å². The molecule has 0 amide bonds. The predicted octanol–water partition coefficient (Wildman–Crippen LogP) is 2.67. The van der Waals surface area contributed by atoms with Gasteiger partial charge in [0.1, 0.15) is 0 Å². The second-order valence-corrected chi connectivity index (χ2v) is 7.01. The van der Waals surface area contributed by atoms with E-state index in [1.807, 2.05) is 0 Å². The highest BCUT2D eigenvalue weighted by Gasteiger charge is 2.31. The van der Waals surface area contributed by atoms with Crippen molar-refractivity contribution in [1.29, 1.82) is 0 Å². The highest BCUT2D eigenvalue weighted by Crippen LogP contribution is 2.38. The van der Waals surface area contributed by atoms with Crippen LogP contribution in [0, 0.1) is 5.92 Å². The fourth-order valence-corrected chi connectivity index (χ4v) is 3.15. The van der Waals surface area contributed by atoms with E-state index in [1.165, 1.54) is 38.6 Å². The quantitative estimate of drug-likeness (QED) is 0.806. The summed E-state index contributed by atoms with van der Waals surface area (Å²) < 4.78 is 5.48. The highest BCUT2D eigenvalue weighted by atomic mass is 16.5. The highest BCUT2D eigenvalue weighted by molar-refractivity contribution is 5.04. The van der Waals surface area contributed by atoms with Crippen molar-refractivity contribution in [2.24, 2.45) is 5.92 Å². The summed E-state index contributed by atoms with van der Waals surface area (Å²) in [4.78, 5) is 9.38. The molecule has 1 aliphatic carbocycles. The maximum Gasteiger partial charge on any atom is 0.243 e. The molecule has 1 saturated carbocycles. The summed E-state index contributed by atoms with van der Waals surface area (Å²) in [6, 6.07) is 0.264. The average Bonchev–Trinajstić information content (AvgIpc) is 3.22. The summed E-state index contributed by atoms with van der Waals surface area (Å²) in [7, 11) is 4.31. The fraction of sp³-hybridized carbons (Fsp3) is 0.875. The van der Waals surface area contributed by atoms with E-state index < -0.39 is 0 Å². The number of likely N-dealkylation sites (tertiary alicyclic amines) is 1. The van der Waals surface area contributed by atoms with Crippen molar-refractivity contribution in [1.82, 2.24) is 19.9 Å². The first-order valence-electron chi connectivity index (χ1n) is 8.35. The van der Waals surface area contributed by atoms with Gasteiger partial charge >= 0.3 is 0 Å². The molecule has 2 fully saturated rings. The summed E-state index contributed by atoms with van der Waals surface area (Å²) in [6.07, 6.45) is 6.36. The lowest BCUT2D eigenvalue weighted by Crippen LogP contribution is -2.36. The normalized spacial score (nSPS) is 22.9. The molecule has 1 aromatic rings. The third-order valence-corrected chi connectivity index (χ3v) is 4.94. The number of rotatable bonds is 6. The number of piperidine rings is 1. The first kappa shape index (κ1) is 15.0. The molecule has 3 rings (SSSR count). The van der Waals surface area contributed by atoms with Crippen LogP contribution in [-0.4, -0.2) is 53.7 Å². The molecule has 2 aliphatic rings. The number of hydrogen-bond acceptors (Lipinski definition) is 5. The van der Waals surface area contributed by atoms with Crippen LogP contribution in [0.15, 0.2) is 4.52 Å². The smallest absolute Gasteiger partial charge is 0.243 e. The van der Waals surface area contributed by atoms with Crippen molar-refractivity contribution < 1.29 is 4.52 Å². The molecule has 5 heteroatoms. The first-order valence-corrected chi connectivity index (χ1v) is 8.35. The van der Waals surface area contributed by atoms with Gasteiger partial charge in [-0.1, -0.05) is 5.16 Å². The monoisotopic (exact) mass is 292 g/mol. The zero-order valence-corrected chi connectivity index (χ0v) is 13.6. The Bertz CT molecular complexity index is 447. The van der Waals surface area contributed by atoms with Crippen LogP contribution in [0.4, 0.5) is 0 Å². The average molecular weight is 292 g/mol. The Morgan fingerprint density at radius 3 is 2.57 bits per heavy atom.